The molecule has 0 saturated heterocycles. The van der Waals surface area contributed by atoms with E-state index in [4.69, 9.17) is 11.6 Å². The highest BCUT2D eigenvalue weighted by Crippen LogP contribution is 2.23. The molecule has 7 heteroatoms. The molecule has 0 bridgehead atoms. The van der Waals surface area contributed by atoms with Crippen LogP contribution >= 0.6 is 11.6 Å². The van der Waals surface area contributed by atoms with Gasteiger partial charge >= 0.3 is 5.97 Å². The Hall–Kier alpha value is -2.08. The Bertz CT molecular complexity index is 681. The summed E-state index contributed by atoms with van der Waals surface area (Å²) in [5.41, 5.74) is 0.506. The summed E-state index contributed by atoms with van der Waals surface area (Å²) in [7, 11) is 0. The molecule has 1 atom stereocenters. The van der Waals surface area contributed by atoms with Gasteiger partial charge in [-0.1, -0.05) is 46.2 Å². The van der Waals surface area contributed by atoms with Gasteiger partial charge in [-0.25, -0.2) is 4.79 Å². The van der Waals surface area contributed by atoms with Gasteiger partial charge in [0.15, 0.2) is 0 Å². The molecule has 3 N–H and O–H groups in total. The maximum absolute atomic E-state index is 12.5. The monoisotopic (exact) mass is 382 g/mol. The highest BCUT2D eigenvalue weighted by molar-refractivity contribution is 6.34. The molecule has 1 rings (SSSR count). The molecule has 0 spiro atoms. The summed E-state index contributed by atoms with van der Waals surface area (Å²) < 4.78 is 0. The van der Waals surface area contributed by atoms with Crippen molar-refractivity contribution in [3.8, 4) is 0 Å². The van der Waals surface area contributed by atoms with Crippen LogP contribution in [0.3, 0.4) is 0 Å². The SMILES string of the molecule is CC(C)C(=O)Nc1ccc(Cl)c(C(=O)NC(CCC(C)(C)C)C(=O)O)c1. The number of benzene rings is 1. The van der Waals surface area contributed by atoms with E-state index in [-0.39, 0.29) is 27.8 Å². The third kappa shape index (κ3) is 7.04. The van der Waals surface area contributed by atoms with Crippen LogP contribution in [-0.2, 0) is 9.59 Å². The lowest BCUT2D eigenvalue weighted by molar-refractivity contribution is -0.139. The Balaban J connectivity index is 2.93. The van der Waals surface area contributed by atoms with Crippen molar-refractivity contribution in [1.82, 2.24) is 5.32 Å². The van der Waals surface area contributed by atoms with E-state index < -0.39 is 17.9 Å². The Morgan fingerprint density at radius 2 is 1.81 bits per heavy atom. The summed E-state index contributed by atoms with van der Waals surface area (Å²) in [6, 6.07) is 3.53. The molecule has 144 valence electrons. The van der Waals surface area contributed by atoms with Gasteiger partial charge in [-0.3, -0.25) is 9.59 Å². The van der Waals surface area contributed by atoms with E-state index in [0.717, 1.165) is 0 Å². The first kappa shape index (κ1) is 22.0. The zero-order valence-electron chi connectivity index (χ0n) is 15.9. The van der Waals surface area contributed by atoms with Crippen molar-refractivity contribution >= 4 is 35.1 Å². The number of aliphatic carboxylic acids is 1. The zero-order valence-corrected chi connectivity index (χ0v) is 16.6. The molecule has 0 radical (unpaired) electrons. The van der Waals surface area contributed by atoms with Crippen LogP contribution in [0.25, 0.3) is 0 Å². The van der Waals surface area contributed by atoms with Crippen molar-refractivity contribution in [1.29, 1.82) is 0 Å². The van der Waals surface area contributed by atoms with E-state index in [1.807, 2.05) is 20.8 Å². The summed E-state index contributed by atoms with van der Waals surface area (Å²) in [4.78, 5) is 35.8. The fraction of sp³-hybridized carbons (Fsp3) is 0.526. The number of hydrogen-bond acceptors (Lipinski definition) is 3. The van der Waals surface area contributed by atoms with Gasteiger partial charge in [0.05, 0.1) is 10.6 Å². The second kappa shape index (κ2) is 9.03. The van der Waals surface area contributed by atoms with Crippen molar-refractivity contribution in [3.63, 3.8) is 0 Å². The average molecular weight is 383 g/mol. The van der Waals surface area contributed by atoms with Gasteiger partial charge in [0.2, 0.25) is 5.91 Å². The zero-order chi connectivity index (χ0) is 20.1. The highest BCUT2D eigenvalue weighted by Gasteiger charge is 2.24. The maximum atomic E-state index is 12.5. The number of carboxylic acids is 1. The van der Waals surface area contributed by atoms with Gasteiger partial charge in [0, 0.05) is 11.6 Å². The summed E-state index contributed by atoms with van der Waals surface area (Å²) in [5.74, 6) is -2.08. The topological polar surface area (TPSA) is 95.5 Å². The number of carbonyl (C=O) groups excluding carboxylic acids is 2. The van der Waals surface area contributed by atoms with Crippen molar-refractivity contribution in [2.24, 2.45) is 11.3 Å². The Kier molecular flexibility index (Phi) is 7.63. The van der Waals surface area contributed by atoms with Crippen molar-refractivity contribution in [2.75, 3.05) is 5.32 Å². The van der Waals surface area contributed by atoms with E-state index in [9.17, 15) is 19.5 Å². The molecule has 0 heterocycles. The standard InChI is InChI=1S/C19H27ClN2O4/c1-11(2)16(23)21-12-6-7-14(20)13(10-12)17(24)22-15(18(25)26)8-9-19(3,4)5/h6-7,10-11,15H,8-9H2,1-5H3,(H,21,23)(H,22,24)(H,25,26). The van der Waals surface area contributed by atoms with Gasteiger partial charge in [0.1, 0.15) is 6.04 Å². The molecule has 0 aliphatic carbocycles. The number of carbonyl (C=O) groups is 3. The van der Waals surface area contributed by atoms with Gasteiger partial charge in [-0.05, 0) is 36.5 Å². The quantitative estimate of drug-likeness (QED) is 0.665. The molecule has 0 saturated carbocycles. The first-order chi connectivity index (χ1) is 11.9. The first-order valence-corrected chi connectivity index (χ1v) is 8.92. The molecule has 0 aliphatic rings. The molecule has 0 aromatic heterocycles. The molecule has 1 aromatic carbocycles. The fourth-order valence-corrected chi connectivity index (χ4v) is 2.34. The first-order valence-electron chi connectivity index (χ1n) is 8.55. The number of rotatable bonds is 7. The number of nitrogens with one attached hydrogen (secondary N) is 2. The Labute approximate surface area is 159 Å². The van der Waals surface area contributed by atoms with E-state index in [1.54, 1.807) is 19.9 Å². The van der Waals surface area contributed by atoms with Crippen LogP contribution in [0.1, 0.15) is 57.8 Å². The van der Waals surface area contributed by atoms with Gasteiger partial charge < -0.3 is 15.7 Å². The van der Waals surface area contributed by atoms with Crippen LogP contribution in [0.2, 0.25) is 5.02 Å². The maximum Gasteiger partial charge on any atom is 0.326 e. The van der Waals surface area contributed by atoms with Crippen LogP contribution < -0.4 is 10.6 Å². The van der Waals surface area contributed by atoms with E-state index in [0.29, 0.717) is 18.5 Å². The smallest absolute Gasteiger partial charge is 0.326 e. The predicted molar refractivity (Wildman–Crippen MR) is 102 cm³/mol. The minimum absolute atomic E-state index is 0.0445. The lowest BCUT2D eigenvalue weighted by Crippen LogP contribution is -2.41. The summed E-state index contributed by atoms with van der Waals surface area (Å²) >= 11 is 6.08. The number of amides is 2. The predicted octanol–water partition coefficient (Wildman–Crippen LogP) is 3.94. The average Bonchev–Trinajstić information content (AvgIpc) is 2.51. The molecule has 0 fully saturated rings. The van der Waals surface area contributed by atoms with Crippen LogP contribution in [0.15, 0.2) is 18.2 Å². The van der Waals surface area contributed by atoms with Gasteiger partial charge in [0.25, 0.3) is 5.91 Å². The number of hydrogen-bond donors (Lipinski definition) is 3. The summed E-state index contributed by atoms with van der Waals surface area (Å²) in [6.07, 6.45) is 0.953. The number of carboxylic acid groups (broad SMARTS) is 1. The fourth-order valence-electron chi connectivity index (χ4n) is 2.13. The van der Waals surface area contributed by atoms with Gasteiger partial charge in [-0.15, -0.1) is 0 Å². The Morgan fingerprint density at radius 1 is 1.19 bits per heavy atom. The van der Waals surface area contributed by atoms with Gasteiger partial charge in [-0.2, -0.15) is 0 Å². The Morgan fingerprint density at radius 3 is 2.31 bits per heavy atom. The summed E-state index contributed by atoms with van der Waals surface area (Å²) in [5, 5.41) is 14.8. The normalized spacial score (nSPS) is 12.6. The minimum atomic E-state index is -1.09. The molecule has 2 amide bonds. The molecule has 6 nitrogen and oxygen atoms in total. The van der Waals surface area contributed by atoms with Crippen molar-refractivity contribution in [2.45, 2.75) is 53.5 Å². The molecule has 1 aromatic rings. The molecule has 26 heavy (non-hydrogen) atoms. The molecular formula is C19H27ClN2O4. The van der Waals surface area contributed by atoms with Crippen molar-refractivity contribution in [3.05, 3.63) is 28.8 Å². The number of halogens is 1. The van der Waals surface area contributed by atoms with E-state index >= 15 is 0 Å². The third-order valence-electron chi connectivity index (χ3n) is 3.79. The summed E-state index contributed by atoms with van der Waals surface area (Å²) in [6.45, 7) is 9.53. The van der Waals surface area contributed by atoms with E-state index in [2.05, 4.69) is 10.6 Å². The molecule has 0 aliphatic heterocycles. The second-order valence-corrected chi connectivity index (χ2v) is 8.21. The lowest BCUT2D eigenvalue weighted by Gasteiger charge is -2.22. The lowest BCUT2D eigenvalue weighted by atomic mass is 9.88. The van der Waals surface area contributed by atoms with Crippen LogP contribution in [-0.4, -0.2) is 28.9 Å². The van der Waals surface area contributed by atoms with E-state index in [1.165, 1.54) is 12.1 Å². The number of anilines is 1. The van der Waals surface area contributed by atoms with Crippen LogP contribution in [0.4, 0.5) is 5.69 Å². The highest BCUT2D eigenvalue weighted by atomic mass is 35.5. The van der Waals surface area contributed by atoms with Crippen LogP contribution in [0, 0.1) is 11.3 Å². The largest absolute Gasteiger partial charge is 0.480 e. The second-order valence-electron chi connectivity index (χ2n) is 7.80. The van der Waals surface area contributed by atoms with Crippen molar-refractivity contribution < 1.29 is 19.5 Å². The molecule has 1 unspecified atom stereocenters. The minimum Gasteiger partial charge on any atom is -0.480 e. The third-order valence-corrected chi connectivity index (χ3v) is 4.12. The molecular weight excluding hydrogens is 356 g/mol. The van der Waals surface area contributed by atoms with Crippen LogP contribution in [0.5, 0.6) is 0 Å².